The maximum absolute atomic E-state index is 4.59. The Hall–Kier alpha value is -0.650. The molecule has 0 saturated carbocycles. The molecule has 20 heavy (non-hydrogen) atoms. The molecule has 0 spiro atoms. The van der Waals surface area contributed by atoms with Gasteiger partial charge in [0.05, 0.1) is 22.4 Å². The maximum Gasteiger partial charge on any atom is 0.0738 e. The zero-order valence-electron chi connectivity index (χ0n) is 12.7. The van der Waals surface area contributed by atoms with Crippen molar-refractivity contribution in [2.75, 3.05) is 0 Å². The topological polar surface area (TPSA) is 29.9 Å². The summed E-state index contributed by atoms with van der Waals surface area (Å²) in [5.74, 6) is 0. The summed E-state index contributed by atoms with van der Waals surface area (Å²) in [5.41, 5.74) is 3.61. The number of halogens is 1. The van der Waals surface area contributed by atoms with Crippen LogP contribution >= 0.6 is 27.3 Å². The highest BCUT2D eigenvalue weighted by Gasteiger charge is 2.12. The molecule has 0 aliphatic rings. The Balaban J connectivity index is 2.15. The van der Waals surface area contributed by atoms with E-state index in [2.05, 4.69) is 64.8 Å². The third kappa shape index (κ3) is 3.51. The fraction of sp³-hybridized carbons (Fsp3) is 0.533. The number of hydrogen-bond donors (Lipinski definition) is 1. The number of nitrogens with zero attached hydrogens (tertiary/aromatic N) is 2. The summed E-state index contributed by atoms with van der Waals surface area (Å²) in [7, 11) is 0. The Morgan fingerprint density at radius 1 is 1.35 bits per heavy atom. The van der Waals surface area contributed by atoms with Crippen LogP contribution in [0.25, 0.3) is 0 Å². The van der Waals surface area contributed by atoms with E-state index in [1.807, 2.05) is 18.3 Å². The Morgan fingerprint density at radius 3 is 2.60 bits per heavy atom. The Labute approximate surface area is 133 Å². The number of hydrogen-bond acceptors (Lipinski definition) is 3. The minimum absolute atomic E-state index is 0.521. The molecule has 1 N–H and O–H groups in total. The van der Waals surface area contributed by atoms with Crippen molar-refractivity contribution in [1.82, 2.24) is 15.1 Å². The van der Waals surface area contributed by atoms with Crippen LogP contribution in [0.3, 0.4) is 0 Å². The number of aromatic nitrogens is 2. The first-order valence-electron chi connectivity index (χ1n) is 6.89. The number of rotatable bonds is 5. The van der Waals surface area contributed by atoms with Crippen molar-refractivity contribution in [3.05, 3.63) is 37.2 Å². The molecule has 0 saturated heterocycles. The summed E-state index contributed by atoms with van der Waals surface area (Å²) >= 11 is 5.46. The predicted octanol–water partition coefficient (Wildman–Crippen LogP) is 4.18. The van der Waals surface area contributed by atoms with Crippen molar-refractivity contribution in [2.45, 2.75) is 53.8 Å². The van der Waals surface area contributed by atoms with Gasteiger partial charge in [0.2, 0.25) is 0 Å². The van der Waals surface area contributed by atoms with Gasteiger partial charge in [0, 0.05) is 22.3 Å². The fourth-order valence-corrected chi connectivity index (χ4v) is 3.42. The second kappa shape index (κ2) is 6.41. The molecule has 0 radical (unpaired) electrons. The van der Waals surface area contributed by atoms with Crippen molar-refractivity contribution in [3.8, 4) is 0 Å². The second-order valence-electron chi connectivity index (χ2n) is 5.47. The Kier molecular flexibility index (Phi) is 5.04. The van der Waals surface area contributed by atoms with Gasteiger partial charge in [-0.2, -0.15) is 5.10 Å². The molecule has 2 aromatic rings. The number of aryl methyl sites for hydroxylation is 2. The van der Waals surface area contributed by atoms with Gasteiger partial charge in [-0.3, -0.25) is 4.68 Å². The Morgan fingerprint density at radius 2 is 2.05 bits per heavy atom. The van der Waals surface area contributed by atoms with E-state index >= 15 is 0 Å². The van der Waals surface area contributed by atoms with Crippen LogP contribution in [0.5, 0.6) is 0 Å². The molecule has 2 aromatic heterocycles. The van der Waals surface area contributed by atoms with Gasteiger partial charge in [0.25, 0.3) is 0 Å². The van der Waals surface area contributed by atoms with Crippen LogP contribution in [0.4, 0.5) is 0 Å². The summed E-state index contributed by atoms with van der Waals surface area (Å²) < 4.78 is 3.20. The van der Waals surface area contributed by atoms with E-state index in [9.17, 15) is 0 Å². The number of thiophene rings is 1. The van der Waals surface area contributed by atoms with Crippen LogP contribution < -0.4 is 5.32 Å². The highest BCUT2D eigenvalue weighted by Crippen LogP contribution is 2.25. The standard InChI is InChI=1S/C15H22BrN3S/c1-9(2)17-7-14-6-13(12(5)20-14)8-19-11(4)15(16)10(3)18-19/h6,9,17H,7-8H2,1-5H3. The van der Waals surface area contributed by atoms with Crippen LogP contribution in [-0.4, -0.2) is 15.8 Å². The van der Waals surface area contributed by atoms with Crippen LogP contribution in [-0.2, 0) is 13.1 Å². The normalized spacial score (nSPS) is 11.6. The first-order valence-corrected chi connectivity index (χ1v) is 8.50. The zero-order chi connectivity index (χ0) is 14.9. The minimum atomic E-state index is 0.521. The summed E-state index contributed by atoms with van der Waals surface area (Å²) in [4.78, 5) is 2.78. The highest BCUT2D eigenvalue weighted by molar-refractivity contribution is 9.10. The van der Waals surface area contributed by atoms with Crippen molar-refractivity contribution < 1.29 is 0 Å². The smallest absolute Gasteiger partial charge is 0.0738 e. The van der Waals surface area contributed by atoms with Gasteiger partial charge in [0.15, 0.2) is 0 Å². The fourth-order valence-electron chi connectivity index (χ4n) is 2.13. The van der Waals surface area contributed by atoms with Crippen LogP contribution in [0.15, 0.2) is 10.5 Å². The van der Waals surface area contributed by atoms with Gasteiger partial charge >= 0.3 is 0 Å². The van der Waals surface area contributed by atoms with Crippen molar-refractivity contribution >= 4 is 27.3 Å². The molecular formula is C15H22BrN3S. The third-order valence-electron chi connectivity index (χ3n) is 3.37. The van der Waals surface area contributed by atoms with Gasteiger partial charge in [-0.1, -0.05) is 13.8 Å². The van der Waals surface area contributed by atoms with Gasteiger partial charge in [-0.15, -0.1) is 11.3 Å². The quantitative estimate of drug-likeness (QED) is 0.871. The average Bonchev–Trinajstić information content (AvgIpc) is 2.84. The monoisotopic (exact) mass is 355 g/mol. The molecule has 2 heterocycles. The summed E-state index contributed by atoms with van der Waals surface area (Å²) in [6, 6.07) is 2.83. The molecule has 0 unspecified atom stereocenters. The predicted molar refractivity (Wildman–Crippen MR) is 89.5 cm³/mol. The van der Waals surface area contributed by atoms with Gasteiger partial charge in [0.1, 0.15) is 0 Å². The molecule has 0 atom stereocenters. The molecular weight excluding hydrogens is 334 g/mol. The average molecular weight is 356 g/mol. The van der Waals surface area contributed by atoms with E-state index in [0.29, 0.717) is 6.04 Å². The first kappa shape index (κ1) is 15.7. The van der Waals surface area contributed by atoms with Crippen molar-refractivity contribution in [3.63, 3.8) is 0 Å². The van der Waals surface area contributed by atoms with E-state index in [-0.39, 0.29) is 0 Å². The molecule has 0 aliphatic carbocycles. The molecule has 110 valence electrons. The van der Waals surface area contributed by atoms with Crippen LogP contribution in [0.1, 0.15) is 40.6 Å². The summed E-state index contributed by atoms with van der Waals surface area (Å²) in [6.07, 6.45) is 0. The molecule has 0 fully saturated rings. The molecule has 3 nitrogen and oxygen atoms in total. The number of nitrogens with one attached hydrogen (secondary N) is 1. The van der Waals surface area contributed by atoms with Crippen LogP contribution in [0.2, 0.25) is 0 Å². The molecule has 0 amide bonds. The van der Waals surface area contributed by atoms with E-state index in [1.165, 1.54) is 21.0 Å². The lowest BCUT2D eigenvalue weighted by Crippen LogP contribution is -2.21. The third-order valence-corrected chi connectivity index (χ3v) is 5.61. The molecule has 5 heteroatoms. The molecule has 0 aliphatic heterocycles. The Bertz CT molecular complexity index is 599. The largest absolute Gasteiger partial charge is 0.310 e. The SMILES string of the molecule is Cc1nn(Cc2cc(CNC(C)C)sc2C)c(C)c1Br. The maximum atomic E-state index is 4.59. The highest BCUT2D eigenvalue weighted by atomic mass is 79.9. The molecule has 0 aromatic carbocycles. The lowest BCUT2D eigenvalue weighted by molar-refractivity contribution is 0.592. The zero-order valence-corrected chi connectivity index (χ0v) is 15.2. The molecule has 2 rings (SSSR count). The van der Waals surface area contributed by atoms with E-state index in [4.69, 9.17) is 0 Å². The van der Waals surface area contributed by atoms with E-state index in [1.54, 1.807) is 0 Å². The minimum Gasteiger partial charge on any atom is -0.310 e. The molecule has 0 bridgehead atoms. The second-order valence-corrected chi connectivity index (χ2v) is 7.61. The summed E-state index contributed by atoms with van der Waals surface area (Å²) in [6.45, 7) is 12.5. The van der Waals surface area contributed by atoms with Gasteiger partial charge < -0.3 is 5.32 Å². The summed E-state index contributed by atoms with van der Waals surface area (Å²) in [5, 5.41) is 8.06. The van der Waals surface area contributed by atoms with E-state index in [0.717, 1.165) is 23.3 Å². The van der Waals surface area contributed by atoms with Crippen molar-refractivity contribution in [2.24, 2.45) is 0 Å². The van der Waals surface area contributed by atoms with Gasteiger partial charge in [-0.05, 0) is 48.3 Å². The van der Waals surface area contributed by atoms with Crippen LogP contribution in [0, 0.1) is 20.8 Å². The lowest BCUT2D eigenvalue weighted by atomic mass is 10.2. The first-order chi connectivity index (χ1) is 9.38. The lowest BCUT2D eigenvalue weighted by Gasteiger charge is -2.05. The van der Waals surface area contributed by atoms with Gasteiger partial charge in [-0.25, -0.2) is 0 Å². The van der Waals surface area contributed by atoms with Crippen molar-refractivity contribution in [1.29, 1.82) is 0 Å². The van der Waals surface area contributed by atoms with E-state index < -0.39 is 0 Å².